The molecule has 47 heavy (non-hydrogen) atoms. The number of Topliss-reactive ketones (excluding diaryl/α,β-unsaturated/α-hetero) is 1. The Morgan fingerprint density at radius 1 is 1.06 bits per heavy atom. The Bertz CT molecular complexity index is 1490. The molecular formula is C36H50N6O4S. The van der Waals surface area contributed by atoms with Crippen LogP contribution in [-0.2, 0) is 20.8 Å². The number of ketones is 1. The summed E-state index contributed by atoms with van der Waals surface area (Å²) in [4.78, 5) is 60.7. The van der Waals surface area contributed by atoms with Crippen molar-refractivity contribution >= 4 is 45.7 Å². The summed E-state index contributed by atoms with van der Waals surface area (Å²) >= 11 is 1.20. The standard InChI is InChI=1S/C29H33N5O4S.C5H11N.C2H6/c1-4-6-7-10-19(3)15-24(34-25(35)5-2)28(38)32-18-26(36)33-23(27(37)29-30-13-14-39-29)16-20-17-31-22-12-9-8-11-21(20)22;1-6-4-2-3-5-6;1-2/h4,6-14,17,23-24,31H,1,5,15-16,18H2,2-3H3,(H,32,38)(H,33,36)(H,34,35);2-5H2,1H3;1-2H3/b7-6-,19-10+;;. The van der Waals surface area contributed by atoms with Crippen molar-refractivity contribution in [1.29, 1.82) is 0 Å². The predicted molar refractivity (Wildman–Crippen MR) is 191 cm³/mol. The third-order valence-corrected chi connectivity index (χ3v) is 8.06. The van der Waals surface area contributed by atoms with Crippen LogP contribution in [0.4, 0.5) is 0 Å². The Labute approximate surface area is 282 Å². The van der Waals surface area contributed by atoms with Gasteiger partial charge in [-0.15, -0.1) is 11.3 Å². The fourth-order valence-corrected chi connectivity index (χ4v) is 5.46. The molecule has 1 fully saturated rings. The summed E-state index contributed by atoms with van der Waals surface area (Å²) in [6, 6.07) is 5.98. The number of carbonyl (C=O) groups is 4. The average Bonchev–Trinajstić information content (AvgIpc) is 3.87. The first-order chi connectivity index (χ1) is 22.7. The smallest absolute Gasteiger partial charge is 0.243 e. The summed E-state index contributed by atoms with van der Waals surface area (Å²) in [6.45, 7) is 13.4. The summed E-state index contributed by atoms with van der Waals surface area (Å²) in [5, 5.41) is 11.0. The monoisotopic (exact) mass is 662 g/mol. The van der Waals surface area contributed by atoms with Gasteiger partial charge < -0.3 is 25.8 Å². The Kier molecular flexibility index (Phi) is 17.7. The molecule has 0 bridgehead atoms. The number of para-hydroxylation sites is 1. The number of fused-ring (bicyclic) bond motifs is 1. The van der Waals surface area contributed by atoms with E-state index < -0.39 is 23.9 Å². The van der Waals surface area contributed by atoms with Crippen LogP contribution in [0.3, 0.4) is 0 Å². The molecule has 4 rings (SSSR count). The molecule has 11 heteroatoms. The van der Waals surface area contributed by atoms with E-state index in [1.54, 1.807) is 30.5 Å². The highest BCUT2D eigenvalue weighted by atomic mass is 32.1. The van der Waals surface area contributed by atoms with Gasteiger partial charge in [-0.25, -0.2) is 4.98 Å². The number of nitrogens with one attached hydrogen (secondary N) is 4. The van der Waals surface area contributed by atoms with Gasteiger partial charge in [-0.2, -0.15) is 0 Å². The van der Waals surface area contributed by atoms with E-state index in [1.807, 2.05) is 57.3 Å². The van der Waals surface area contributed by atoms with Crippen LogP contribution in [0.15, 0.2) is 78.5 Å². The number of rotatable bonds is 14. The molecule has 1 aromatic carbocycles. The average molecular weight is 663 g/mol. The molecule has 254 valence electrons. The third-order valence-electron chi connectivity index (χ3n) is 7.27. The second kappa shape index (κ2) is 21.4. The van der Waals surface area contributed by atoms with E-state index in [4.69, 9.17) is 0 Å². The zero-order chi connectivity index (χ0) is 34.6. The quantitative estimate of drug-likeness (QED) is 0.136. The molecule has 2 aromatic heterocycles. The van der Waals surface area contributed by atoms with Crippen LogP contribution < -0.4 is 16.0 Å². The fourth-order valence-electron chi connectivity index (χ4n) is 4.83. The van der Waals surface area contributed by atoms with E-state index in [1.165, 1.54) is 43.5 Å². The summed E-state index contributed by atoms with van der Waals surface area (Å²) in [7, 11) is 2.17. The number of carbonyl (C=O) groups excluding carboxylic acids is 4. The molecule has 0 spiro atoms. The Balaban J connectivity index is 0.000000847. The maximum absolute atomic E-state index is 13.2. The number of thiazole rings is 1. The number of hydrogen-bond donors (Lipinski definition) is 4. The molecule has 3 amide bonds. The van der Waals surface area contributed by atoms with Gasteiger partial charge in [-0.3, -0.25) is 19.2 Å². The number of nitrogens with zero attached hydrogens (tertiary/aromatic N) is 2. The molecule has 0 saturated carbocycles. The number of amides is 3. The van der Waals surface area contributed by atoms with Gasteiger partial charge in [0.15, 0.2) is 5.01 Å². The van der Waals surface area contributed by atoms with E-state index in [9.17, 15) is 19.2 Å². The Morgan fingerprint density at radius 3 is 2.38 bits per heavy atom. The van der Waals surface area contributed by atoms with Crippen LogP contribution in [-0.4, -0.2) is 77.1 Å². The van der Waals surface area contributed by atoms with E-state index in [2.05, 4.69) is 44.4 Å². The first-order valence-corrected chi connectivity index (χ1v) is 17.1. The second-order valence-electron chi connectivity index (χ2n) is 10.9. The minimum atomic E-state index is -0.878. The van der Waals surface area contributed by atoms with E-state index in [-0.39, 0.29) is 37.5 Å². The van der Waals surface area contributed by atoms with Crippen LogP contribution >= 0.6 is 11.3 Å². The van der Waals surface area contributed by atoms with Gasteiger partial charge in [0, 0.05) is 41.5 Å². The van der Waals surface area contributed by atoms with Crippen molar-refractivity contribution < 1.29 is 19.2 Å². The van der Waals surface area contributed by atoms with Gasteiger partial charge >= 0.3 is 0 Å². The van der Waals surface area contributed by atoms with Gasteiger partial charge in [0.05, 0.1) is 12.6 Å². The van der Waals surface area contributed by atoms with Crippen molar-refractivity contribution in [3.63, 3.8) is 0 Å². The molecule has 3 heterocycles. The van der Waals surface area contributed by atoms with E-state index in [0.29, 0.717) is 5.01 Å². The second-order valence-corrected chi connectivity index (χ2v) is 11.8. The number of allylic oxidation sites excluding steroid dienone is 4. The highest BCUT2D eigenvalue weighted by Gasteiger charge is 2.27. The van der Waals surface area contributed by atoms with Crippen molar-refractivity contribution in [3.05, 3.63) is 89.1 Å². The van der Waals surface area contributed by atoms with Gasteiger partial charge in [-0.1, -0.05) is 75.4 Å². The maximum atomic E-state index is 13.2. The molecule has 0 radical (unpaired) electrons. The van der Waals surface area contributed by atoms with Gasteiger partial charge in [-0.05, 0) is 58.0 Å². The first-order valence-electron chi connectivity index (χ1n) is 16.2. The molecule has 1 saturated heterocycles. The van der Waals surface area contributed by atoms with Gasteiger partial charge in [0.2, 0.25) is 23.5 Å². The molecule has 2 unspecified atom stereocenters. The zero-order valence-electron chi connectivity index (χ0n) is 28.3. The predicted octanol–water partition coefficient (Wildman–Crippen LogP) is 5.36. The van der Waals surface area contributed by atoms with Crippen LogP contribution in [0.2, 0.25) is 0 Å². The highest BCUT2D eigenvalue weighted by Crippen LogP contribution is 2.20. The fraction of sp³-hybridized carbons (Fsp3) is 0.417. The number of aromatic amines is 1. The first kappa shape index (κ1) is 38.8. The number of likely N-dealkylation sites (tertiary alicyclic amines) is 1. The Hall–Kier alpha value is -4.35. The molecule has 10 nitrogen and oxygen atoms in total. The molecule has 1 aliphatic heterocycles. The molecule has 1 aliphatic rings. The van der Waals surface area contributed by atoms with Crippen molar-refractivity contribution in [2.24, 2.45) is 0 Å². The summed E-state index contributed by atoms with van der Waals surface area (Å²) in [5.74, 6) is -1.61. The number of benzene rings is 1. The van der Waals surface area contributed by atoms with Gasteiger partial charge in [0.25, 0.3) is 0 Å². The number of hydrogen-bond acceptors (Lipinski definition) is 7. The van der Waals surface area contributed by atoms with Crippen LogP contribution in [0.5, 0.6) is 0 Å². The van der Waals surface area contributed by atoms with Crippen LogP contribution in [0, 0.1) is 0 Å². The molecule has 3 aromatic rings. The highest BCUT2D eigenvalue weighted by molar-refractivity contribution is 7.11. The molecular weight excluding hydrogens is 613 g/mol. The third kappa shape index (κ3) is 13.5. The summed E-state index contributed by atoms with van der Waals surface area (Å²) < 4.78 is 0. The lowest BCUT2D eigenvalue weighted by Gasteiger charge is -2.20. The molecule has 2 atom stereocenters. The van der Waals surface area contributed by atoms with E-state index in [0.717, 1.165) is 22.0 Å². The Morgan fingerprint density at radius 2 is 1.77 bits per heavy atom. The van der Waals surface area contributed by atoms with Crippen LogP contribution in [0.25, 0.3) is 10.9 Å². The molecule has 0 aliphatic carbocycles. The normalized spacial score (nSPS) is 14.3. The minimum Gasteiger partial charge on any atom is -0.361 e. The minimum absolute atomic E-state index is 0.220. The van der Waals surface area contributed by atoms with Crippen LogP contribution in [0.1, 0.15) is 68.7 Å². The number of aromatic nitrogens is 2. The lowest BCUT2D eigenvalue weighted by atomic mass is 10.0. The summed E-state index contributed by atoms with van der Waals surface area (Å²) in [6.07, 6.45) is 13.9. The maximum Gasteiger partial charge on any atom is 0.243 e. The van der Waals surface area contributed by atoms with Gasteiger partial charge in [0.1, 0.15) is 6.04 Å². The van der Waals surface area contributed by atoms with Crippen molar-refractivity contribution in [2.75, 3.05) is 26.7 Å². The number of H-pyrrole nitrogens is 1. The molecule has 4 N–H and O–H groups in total. The SMILES string of the molecule is C=C/C=C\C=C(/C)CC(NC(=O)CC)C(=O)NCC(=O)NC(Cc1c[nH]c2ccccc12)C(=O)c1nccs1.CC.CN1CCCC1. The van der Waals surface area contributed by atoms with E-state index >= 15 is 0 Å². The lowest BCUT2D eigenvalue weighted by Crippen LogP contribution is -2.51. The largest absolute Gasteiger partial charge is 0.361 e. The summed E-state index contributed by atoms with van der Waals surface area (Å²) in [5.41, 5.74) is 2.66. The zero-order valence-corrected chi connectivity index (χ0v) is 29.1. The van der Waals surface area contributed by atoms with Crippen molar-refractivity contribution in [1.82, 2.24) is 30.8 Å². The van der Waals surface area contributed by atoms with Crippen molar-refractivity contribution in [2.45, 2.75) is 71.9 Å². The lowest BCUT2D eigenvalue weighted by molar-refractivity contribution is -0.130. The topological polar surface area (TPSA) is 136 Å². The van der Waals surface area contributed by atoms with Crippen molar-refractivity contribution in [3.8, 4) is 0 Å².